The normalized spacial score (nSPS) is 12.2. The first-order valence-corrected chi connectivity index (χ1v) is 7.28. The predicted molar refractivity (Wildman–Crippen MR) is 84.8 cm³/mol. The maximum Gasteiger partial charge on any atom is 0.119 e. The van der Waals surface area contributed by atoms with Crippen LogP contribution in [-0.4, -0.2) is 13.2 Å². The van der Waals surface area contributed by atoms with Gasteiger partial charge < -0.3 is 10.1 Å². The van der Waals surface area contributed by atoms with Crippen LogP contribution >= 0.6 is 23.2 Å². The van der Waals surface area contributed by atoms with Gasteiger partial charge in [-0.15, -0.1) is 0 Å². The molecule has 0 saturated heterocycles. The first kappa shape index (κ1) is 15.2. The third-order valence-corrected chi connectivity index (χ3v) is 3.57. The summed E-state index contributed by atoms with van der Waals surface area (Å²) in [6.45, 7) is 3.39. The second-order valence-corrected chi connectivity index (χ2v) is 5.35. The average molecular weight is 310 g/mol. The van der Waals surface area contributed by atoms with Crippen LogP contribution in [-0.2, 0) is 0 Å². The van der Waals surface area contributed by atoms with Gasteiger partial charge in [0.25, 0.3) is 0 Å². The second kappa shape index (κ2) is 7.53. The molecule has 0 aromatic heterocycles. The SMILES string of the molecule is CC(NCCOc1ccccc1)c1cc(Cl)ccc1Cl. The first-order valence-electron chi connectivity index (χ1n) is 6.53. The lowest BCUT2D eigenvalue weighted by Gasteiger charge is -2.16. The van der Waals surface area contributed by atoms with Crippen molar-refractivity contribution in [2.45, 2.75) is 13.0 Å². The van der Waals surface area contributed by atoms with Crippen molar-refractivity contribution in [1.82, 2.24) is 5.32 Å². The van der Waals surface area contributed by atoms with Crippen LogP contribution in [0.2, 0.25) is 10.0 Å². The van der Waals surface area contributed by atoms with Crippen LogP contribution in [0.4, 0.5) is 0 Å². The lowest BCUT2D eigenvalue weighted by Crippen LogP contribution is -2.24. The monoisotopic (exact) mass is 309 g/mol. The molecule has 2 aromatic rings. The Labute approximate surface area is 129 Å². The minimum Gasteiger partial charge on any atom is -0.492 e. The van der Waals surface area contributed by atoms with Gasteiger partial charge in [-0.3, -0.25) is 0 Å². The molecule has 1 N–H and O–H groups in total. The van der Waals surface area contributed by atoms with Crippen LogP contribution in [0, 0.1) is 0 Å². The molecule has 1 atom stereocenters. The third kappa shape index (κ3) is 4.41. The molecule has 0 aliphatic rings. The Kier molecular flexibility index (Phi) is 5.72. The Morgan fingerprint density at radius 2 is 1.85 bits per heavy atom. The van der Waals surface area contributed by atoms with Gasteiger partial charge in [0.15, 0.2) is 0 Å². The molecule has 2 nitrogen and oxygen atoms in total. The molecule has 0 radical (unpaired) electrons. The first-order chi connectivity index (χ1) is 9.66. The number of ether oxygens (including phenoxy) is 1. The van der Waals surface area contributed by atoms with Crippen LogP contribution < -0.4 is 10.1 Å². The fourth-order valence-electron chi connectivity index (χ4n) is 1.92. The van der Waals surface area contributed by atoms with E-state index in [1.807, 2.05) is 42.5 Å². The highest BCUT2D eigenvalue weighted by Gasteiger charge is 2.09. The molecule has 20 heavy (non-hydrogen) atoms. The number of rotatable bonds is 6. The van der Waals surface area contributed by atoms with Crippen molar-refractivity contribution in [3.63, 3.8) is 0 Å². The lowest BCUT2D eigenvalue weighted by molar-refractivity contribution is 0.307. The summed E-state index contributed by atoms with van der Waals surface area (Å²) >= 11 is 12.2. The van der Waals surface area contributed by atoms with Gasteiger partial charge in [-0.1, -0.05) is 41.4 Å². The van der Waals surface area contributed by atoms with Gasteiger partial charge in [0, 0.05) is 22.6 Å². The van der Waals surface area contributed by atoms with Gasteiger partial charge in [0.1, 0.15) is 12.4 Å². The van der Waals surface area contributed by atoms with Crippen molar-refractivity contribution in [3.8, 4) is 5.75 Å². The summed E-state index contributed by atoms with van der Waals surface area (Å²) in [5.41, 5.74) is 0.999. The lowest BCUT2D eigenvalue weighted by atomic mass is 10.1. The smallest absolute Gasteiger partial charge is 0.119 e. The van der Waals surface area contributed by atoms with Gasteiger partial charge >= 0.3 is 0 Å². The molecule has 0 fully saturated rings. The summed E-state index contributed by atoms with van der Waals surface area (Å²) in [7, 11) is 0. The molecule has 0 aliphatic carbocycles. The number of nitrogens with one attached hydrogen (secondary N) is 1. The number of hydrogen-bond acceptors (Lipinski definition) is 2. The average Bonchev–Trinajstić information content (AvgIpc) is 2.47. The number of benzene rings is 2. The van der Waals surface area contributed by atoms with Gasteiger partial charge in [-0.25, -0.2) is 0 Å². The Bertz CT molecular complexity index is 545. The topological polar surface area (TPSA) is 21.3 Å². The van der Waals surface area contributed by atoms with Crippen molar-refractivity contribution in [2.24, 2.45) is 0 Å². The molecule has 0 amide bonds. The number of hydrogen-bond donors (Lipinski definition) is 1. The van der Waals surface area contributed by atoms with E-state index in [0.29, 0.717) is 11.6 Å². The van der Waals surface area contributed by atoms with Crippen molar-refractivity contribution in [3.05, 3.63) is 64.1 Å². The van der Waals surface area contributed by atoms with E-state index in [1.54, 1.807) is 6.07 Å². The molecule has 4 heteroatoms. The largest absolute Gasteiger partial charge is 0.492 e. The minimum atomic E-state index is 0.126. The molecule has 0 spiro atoms. The molecule has 1 unspecified atom stereocenters. The van der Waals surface area contributed by atoms with E-state index in [4.69, 9.17) is 27.9 Å². The Morgan fingerprint density at radius 3 is 2.60 bits per heavy atom. The van der Waals surface area contributed by atoms with E-state index in [0.717, 1.165) is 22.9 Å². The molecule has 0 bridgehead atoms. The van der Waals surface area contributed by atoms with E-state index in [-0.39, 0.29) is 6.04 Å². The quantitative estimate of drug-likeness (QED) is 0.779. The highest BCUT2D eigenvalue weighted by molar-refractivity contribution is 6.33. The highest BCUT2D eigenvalue weighted by atomic mass is 35.5. The minimum absolute atomic E-state index is 0.126. The molecule has 0 heterocycles. The maximum absolute atomic E-state index is 6.17. The van der Waals surface area contributed by atoms with Crippen molar-refractivity contribution < 1.29 is 4.74 Å². The summed E-state index contributed by atoms with van der Waals surface area (Å²) < 4.78 is 5.62. The molecule has 0 saturated carbocycles. The van der Waals surface area contributed by atoms with E-state index < -0.39 is 0 Å². The second-order valence-electron chi connectivity index (χ2n) is 4.50. The van der Waals surface area contributed by atoms with Gasteiger partial charge in [-0.05, 0) is 42.8 Å². The molecular weight excluding hydrogens is 293 g/mol. The van der Waals surface area contributed by atoms with Gasteiger partial charge in [-0.2, -0.15) is 0 Å². The number of para-hydroxylation sites is 1. The van der Waals surface area contributed by atoms with Crippen molar-refractivity contribution in [1.29, 1.82) is 0 Å². The summed E-state index contributed by atoms with van der Waals surface area (Å²) in [5.74, 6) is 0.878. The molecule has 2 aromatic carbocycles. The van der Waals surface area contributed by atoms with Crippen LogP contribution in [0.5, 0.6) is 5.75 Å². The standard InChI is InChI=1S/C16H17Cl2NO/c1-12(15-11-13(17)7-8-16(15)18)19-9-10-20-14-5-3-2-4-6-14/h2-8,11-12,19H,9-10H2,1H3. The summed E-state index contributed by atoms with van der Waals surface area (Å²) in [6, 6.07) is 15.4. The van der Waals surface area contributed by atoms with Gasteiger partial charge in [0.2, 0.25) is 0 Å². The fourth-order valence-corrected chi connectivity index (χ4v) is 2.38. The summed E-state index contributed by atoms with van der Waals surface area (Å²) in [5, 5.41) is 4.78. The Hall–Kier alpha value is -1.22. The van der Waals surface area contributed by atoms with E-state index in [1.165, 1.54) is 0 Å². The summed E-state index contributed by atoms with van der Waals surface area (Å²) in [4.78, 5) is 0. The van der Waals surface area contributed by atoms with Gasteiger partial charge in [0.05, 0.1) is 0 Å². The molecule has 2 rings (SSSR count). The van der Waals surface area contributed by atoms with Crippen molar-refractivity contribution >= 4 is 23.2 Å². The summed E-state index contributed by atoms with van der Waals surface area (Å²) in [6.07, 6.45) is 0. The zero-order chi connectivity index (χ0) is 14.4. The van der Waals surface area contributed by atoms with Crippen molar-refractivity contribution in [2.75, 3.05) is 13.2 Å². The Balaban J connectivity index is 1.80. The third-order valence-electron chi connectivity index (χ3n) is 2.99. The highest BCUT2D eigenvalue weighted by Crippen LogP contribution is 2.25. The van der Waals surface area contributed by atoms with E-state index in [9.17, 15) is 0 Å². The van der Waals surface area contributed by atoms with Crippen LogP contribution in [0.25, 0.3) is 0 Å². The maximum atomic E-state index is 6.17. The Morgan fingerprint density at radius 1 is 1.10 bits per heavy atom. The number of halogens is 2. The molecule has 0 aliphatic heterocycles. The zero-order valence-corrected chi connectivity index (χ0v) is 12.8. The van der Waals surface area contributed by atoms with Crippen LogP contribution in [0.3, 0.4) is 0 Å². The fraction of sp³-hybridized carbons (Fsp3) is 0.250. The molecule has 106 valence electrons. The van der Waals surface area contributed by atoms with Crippen LogP contribution in [0.1, 0.15) is 18.5 Å². The molecular formula is C16H17Cl2NO. The zero-order valence-electron chi connectivity index (χ0n) is 11.3. The van der Waals surface area contributed by atoms with E-state index >= 15 is 0 Å². The van der Waals surface area contributed by atoms with Crippen LogP contribution in [0.15, 0.2) is 48.5 Å². The predicted octanol–water partition coefficient (Wildman–Crippen LogP) is 4.72. The van der Waals surface area contributed by atoms with E-state index in [2.05, 4.69) is 12.2 Å².